The highest BCUT2D eigenvalue weighted by Gasteiger charge is 2.12. The van der Waals surface area contributed by atoms with E-state index in [1.165, 1.54) is 11.8 Å². The molecule has 0 unspecified atom stereocenters. The van der Waals surface area contributed by atoms with Crippen LogP contribution in [0, 0.1) is 0 Å². The van der Waals surface area contributed by atoms with Crippen LogP contribution in [0.2, 0.25) is 0 Å². The molecule has 2 aromatic carbocycles. The van der Waals surface area contributed by atoms with Gasteiger partial charge in [-0.25, -0.2) is 4.68 Å². The SMILES string of the molecule is COc1ccccc1Nc1nc(N)nc(CSc2nnnn2Cc2ccccc2)n1. The molecule has 0 aliphatic rings. The van der Waals surface area contributed by atoms with Gasteiger partial charge in [0.2, 0.25) is 17.1 Å². The lowest BCUT2D eigenvalue weighted by Crippen LogP contribution is -2.08. The molecule has 0 aliphatic carbocycles. The summed E-state index contributed by atoms with van der Waals surface area (Å²) in [6.45, 7) is 0.579. The summed E-state index contributed by atoms with van der Waals surface area (Å²) in [5.41, 5.74) is 7.72. The van der Waals surface area contributed by atoms with Crippen molar-refractivity contribution in [2.75, 3.05) is 18.2 Å². The number of rotatable bonds is 8. The Hall–Kier alpha value is -3.73. The van der Waals surface area contributed by atoms with Gasteiger partial charge in [0.05, 0.1) is 25.1 Å². The van der Waals surface area contributed by atoms with E-state index in [0.29, 0.717) is 35.0 Å². The predicted molar refractivity (Wildman–Crippen MR) is 113 cm³/mol. The third-order valence-electron chi connectivity index (χ3n) is 4.06. The Morgan fingerprint density at radius 2 is 1.83 bits per heavy atom. The molecule has 0 amide bonds. The summed E-state index contributed by atoms with van der Waals surface area (Å²) < 4.78 is 7.08. The molecule has 0 aliphatic heterocycles. The number of ether oxygens (including phenoxy) is 1. The summed E-state index contributed by atoms with van der Waals surface area (Å²) in [6.07, 6.45) is 0. The molecule has 2 heterocycles. The molecule has 0 saturated carbocycles. The molecule has 11 heteroatoms. The number of hydrogen-bond acceptors (Lipinski definition) is 10. The third-order valence-corrected chi connectivity index (χ3v) is 5.01. The van der Waals surface area contributed by atoms with Gasteiger partial charge in [-0.2, -0.15) is 15.0 Å². The molecule has 0 radical (unpaired) electrons. The lowest BCUT2D eigenvalue weighted by molar-refractivity contribution is 0.417. The molecule has 3 N–H and O–H groups in total. The second kappa shape index (κ2) is 9.18. The topological polar surface area (TPSA) is 130 Å². The van der Waals surface area contributed by atoms with Crippen LogP contribution in [0.15, 0.2) is 59.8 Å². The lowest BCUT2D eigenvalue weighted by Gasteiger charge is -2.10. The van der Waals surface area contributed by atoms with Gasteiger partial charge in [-0.15, -0.1) is 5.10 Å². The zero-order chi connectivity index (χ0) is 20.8. The minimum absolute atomic E-state index is 0.127. The van der Waals surface area contributed by atoms with E-state index in [9.17, 15) is 0 Å². The van der Waals surface area contributed by atoms with Gasteiger partial charge in [-0.1, -0.05) is 54.2 Å². The molecule has 0 atom stereocenters. The monoisotopic (exact) mass is 421 g/mol. The smallest absolute Gasteiger partial charge is 0.232 e. The molecular formula is C19H19N9OS. The second-order valence-electron chi connectivity index (χ2n) is 6.15. The van der Waals surface area contributed by atoms with Crippen molar-refractivity contribution < 1.29 is 4.74 Å². The summed E-state index contributed by atoms with van der Waals surface area (Å²) in [5, 5.41) is 15.7. The summed E-state index contributed by atoms with van der Waals surface area (Å²) >= 11 is 1.42. The molecule has 10 nitrogen and oxygen atoms in total. The molecule has 0 fully saturated rings. The highest BCUT2D eigenvalue weighted by atomic mass is 32.2. The molecule has 0 saturated heterocycles. The Morgan fingerprint density at radius 3 is 2.67 bits per heavy atom. The number of para-hydroxylation sites is 2. The summed E-state index contributed by atoms with van der Waals surface area (Å²) in [5.74, 6) is 2.09. The second-order valence-corrected chi connectivity index (χ2v) is 7.09. The van der Waals surface area contributed by atoms with E-state index in [4.69, 9.17) is 10.5 Å². The fourth-order valence-electron chi connectivity index (χ4n) is 2.71. The highest BCUT2D eigenvalue weighted by molar-refractivity contribution is 7.98. The quantitative estimate of drug-likeness (QED) is 0.409. The zero-order valence-corrected chi connectivity index (χ0v) is 17.0. The number of thioether (sulfide) groups is 1. The minimum atomic E-state index is 0.127. The van der Waals surface area contributed by atoms with E-state index in [0.717, 1.165) is 11.3 Å². The first-order valence-corrected chi connectivity index (χ1v) is 10.0. The van der Waals surface area contributed by atoms with Crippen LogP contribution < -0.4 is 15.8 Å². The van der Waals surface area contributed by atoms with Crippen molar-refractivity contribution in [1.29, 1.82) is 0 Å². The normalized spacial score (nSPS) is 10.7. The standard InChI is InChI=1S/C19H19N9OS/c1-29-15-10-6-5-9-14(15)21-18-23-16(22-17(20)24-18)12-30-19-25-26-27-28(19)11-13-7-3-2-4-8-13/h2-10H,11-12H2,1H3,(H3,20,21,22,23,24). The van der Waals surface area contributed by atoms with Crippen molar-refractivity contribution in [3.05, 3.63) is 66.0 Å². The van der Waals surface area contributed by atoms with Crippen molar-refractivity contribution in [2.45, 2.75) is 17.5 Å². The van der Waals surface area contributed by atoms with Crippen molar-refractivity contribution in [1.82, 2.24) is 35.2 Å². The average molecular weight is 421 g/mol. The first-order chi connectivity index (χ1) is 14.7. The molecule has 0 spiro atoms. The average Bonchev–Trinajstić information content (AvgIpc) is 3.20. The Morgan fingerprint density at radius 1 is 1.03 bits per heavy atom. The molecule has 152 valence electrons. The number of methoxy groups -OCH3 is 1. The Kier molecular flexibility index (Phi) is 5.99. The Bertz CT molecular complexity index is 1120. The van der Waals surface area contributed by atoms with Gasteiger partial charge < -0.3 is 15.8 Å². The number of anilines is 3. The van der Waals surface area contributed by atoms with Crippen molar-refractivity contribution >= 4 is 29.3 Å². The van der Waals surface area contributed by atoms with Gasteiger partial charge in [0.1, 0.15) is 11.6 Å². The Labute approximate surface area is 176 Å². The van der Waals surface area contributed by atoms with Crippen LogP contribution >= 0.6 is 11.8 Å². The molecule has 4 aromatic rings. The third kappa shape index (κ3) is 4.81. The maximum absolute atomic E-state index is 5.88. The summed E-state index contributed by atoms with van der Waals surface area (Å²) in [7, 11) is 1.60. The lowest BCUT2D eigenvalue weighted by atomic mass is 10.2. The largest absolute Gasteiger partial charge is 0.495 e. The van der Waals surface area contributed by atoms with E-state index < -0.39 is 0 Å². The van der Waals surface area contributed by atoms with Crippen LogP contribution in [0.25, 0.3) is 0 Å². The predicted octanol–water partition coefficient (Wildman–Crippen LogP) is 2.53. The summed E-state index contributed by atoms with van der Waals surface area (Å²) in [6, 6.07) is 17.5. The van der Waals surface area contributed by atoms with E-state index in [1.807, 2.05) is 54.6 Å². The number of benzene rings is 2. The number of hydrogen-bond donors (Lipinski definition) is 2. The first kappa shape index (κ1) is 19.6. The zero-order valence-electron chi connectivity index (χ0n) is 16.1. The fraction of sp³-hybridized carbons (Fsp3) is 0.158. The number of nitrogens with two attached hydrogens (primary N) is 1. The number of nitrogens with zero attached hydrogens (tertiary/aromatic N) is 7. The Balaban J connectivity index is 1.47. The van der Waals surface area contributed by atoms with E-state index in [1.54, 1.807) is 11.8 Å². The number of aromatic nitrogens is 7. The van der Waals surface area contributed by atoms with Gasteiger partial charge in [0.15, 0.2) is 0 Å². The molecular weight excluding hydrogens is 402 g/mol. The van der Waals surface area contributed by atoms with Gasteiger partial charge in [-0.3, -0.25) is 0 Å². The molecule has 4 rings (SSSR count). The maximum Gasteiger partial charge on any atom is 0.232 e. The van der Waals surface area contributed by atoms with Crippen molar-refractivity contribution in [3.63, 3.8) is 0 Å². The number of tetrazole rings is 1. The number of nitrogens with one attached hydrogen (secondary N) is 1. The van der Waals surface area contributed by atoms with E-state index in [2.05, 4.69) is 35.8 Å². The fourth-order valence-corrected chi connectivity index (χ4v) is 3.44. The van der Waals surface area contributed by atoms with Crippen LogP contribution in [-0.4, -0.2) is 42.3 Å². The molecule has 2 aromatic heterocycles. The van der Waals surface area contributed by atoms with Gasteiger partial charge in [0, 0.05) is 0 Å². The van der Waals surface area contributed by atoms with Gasteiger partial charge in [-0.05, 0) is 28.1 Å². The van der Waals surface area contributed by atoms with Crippen LogP contribution in [0.3, 0.4) is 0 Å². The van der Waals surface area contributed by atoms with Crippen LogP contribution in [-0.2, 0) is 12.3 Å². The van der Waals surface area contributed by atoms with Crippen LogP contribution in [0.1, 0.15) is 11.4 Å². The van der Waals surface area contributed by atoms with E-state index in [-0.39, 0.29) is 5.95 Å². The first-order valence-electron chi connectivity index (χ1n) is 9.04. The van der Waals surface area contributed by atoms with Crippen molar-refractivity contribution in [3.8, 4) is 5.75 Å². The number of nitrogen functional groups attached to an aromatic ring is 1. The summed E-state index contributed by atoms with van der Waals surface area (Å²) in [4.78, 5) is 12.8. The minimum Gasteiger partial charge on any atom is -0.495 e. The van der Waals surface area contributed by atoms with Crippen molar-refractivity contribution in [2.24, 2.45) is 0 Å². The van der Waals surface area contributed by atoms with E-state index >= 15 is 0 Å². The van der Waals surface area contributed by atoms with Crippen LogP contribution in [0.5, 0.6) is 5.75 Å². The molecule has 0 bridgehead atoms. The van der Waals surface area contributed by atoms with Gasteiger partial charge in [0.25, 0.3) is 0 Å². The highest BCUT2D eigenvalue weighted by Crippen LogP contribution is 2.26. The van der Waals surface area contributed by atoms with Crippen LogP contribution in [0.4, 0.5) is 17.6 Å². The molecule has 30 heavy (non-hydrogen) atoms. The van der Waals surface area contributed by atoms with Gasteiger partial charge >= 0.3 is 0 Å². The maximum atomic E-state index is 5.88.